The van der Waals surface area contributed by atoms with Gasteiger partial charge in [0.2, 0.25) is 0 Å². The summed E-state index contributed by atoms with van der Waals surface area (Å²) in [6.45, 7) is 7.33. The van der Waals surface area contributed by atoms with Crippen LogP contribution in [-0.2, 0) is 13.0 Å². The van der Waals surface area contributed by atoms with E-state index < -0.39 is 0 Å². The molecule has 0 saturated carbocycles. The predicted octanol–water partition coefficient (Wildman–Crippen LogP) is 3.01. The van der Waals surface area contributed by atoms with Gasteiger partial charge in [-0.3, -0.25) is 9.59 Å². The number of rotatable bonds is 5. The number of amides is 2. The van der Waals surface area contributed by atoms with Crippen LogP contribution in [-0.4, -0.2) is 45.9 Å². The van der Waals surface area contributed by atoms with Crippen LogP contribution < -0.4 is 5.32 Å². The lowest BCUT2D eigenvalue weighted by Gasteiger charge is -2.22. The van der Waals surface area contributed by atoms with Crippen molar-refractivity contribution in [3.63, 3.8) is 0 Å². The monoisotopic (exact) mass is 360 g/mol. The highest BCUT2D eigenvalue weighted by Gasteiger charge is 2.29. The first kappa shape index (κ1) is 18.9. The van der Waals surface area contributed by atoms with Crippen molar-refractivity contribution in [1.82, 2.24) is 19.8 Å². The predicted molar refractivity (Wildman–Crippen MR) is 101 cm³/mol. The quantitative estimate of drug-likeness (QED) is 0.878. The van der Waals surface area contributed by atoms with Gasteiger partial charge >= 0.3 is 0 Å². The molecule has 0 aliphatic carbocycles. The van der Waals surface area contributed by atoms with Crippen LogP contribution in [0.4, 0.5) is 0 Å². The fraction of sp³-hybridized carbons (Fsp3) is 0.750. The molecule has 0 atom stereocenters. The van der Waals surface area contributed by atoms with E-state index in [-0.39, 0.29) is 11.8 Å². The minimum Gasteiger partial charge on any atom is -0.351 e. The second-order valence-corrected chi connectivity index (χ2v) is 7.98. The van der Waals surface area contributed by atoms with E-state index in [4.69, 9.17) is 0 Å². The van der Waals surface area contributed by atoms with Crippen molar-refractivity contribution in [3.05, 3.63) is 17.2 Å². The van der Waals surface area contributed by atoms with Gasteiger partial charge in [0.1, 0.15) is 5.69 Å². The number of hydrogen-bond acceptors (Lipinski definition) is 3. The largest absolute Gasteiger partial charge is 0.351 e. The van der Waals surface area contributed by atoms with E-state index in [0.29, 0.717) is 24.0 Å². The van der Waals surface area contributed by atoms with Gasteiger partial charge in [-0.05, 0) is 44.4 Å². The summed E-state index contributed by atoms with van der Waals surface area (Å²) in [6, 6.07) is 0. The highest BCUT2D eigenvalue weighted by Crippen LogP contribution is 2.23. The number of nitrogens with one attached hydrogen (secondary N) is 1. The first-order valence-electron chi connectivity index (χ1n) is 10.2. The van der Waals surface area contributed by atoms with E-state index in [0.717, 1.165) is 63.9 Å². The van der Waals surface area contributed by atoms with E-state index in [1.54, 1.807) is 0 Å². The van der Waals surface area contributed by atoms with Gasteiger partial charge in [0.05, 0.1) is 5.69 Å². The summed E-state index contributed by atoms with van der Waals surface area (Å²) in [5, 5.41) is 2.98. The lowest BCUT2D eigenvalue weighted by atomic mass is 10.1. The Kier molecular flexibility index (Phi) is 6.33. The zero-order chi connectivity index (χ0) is 18.5. The molecule has 2 aliphatic rings. The highest BCUT2D eigenvalue weighted by molar-refractivity contribution is 5.97. The number of hydrogen-bond donors (Lipinski definition) is 1. The third kappa shape index (κ3) is 4.27. The lowest BCUT2D eigenvalue weighted by Crippen LogP contribution is -2.34. The van der Waals surface area contributed by atoms with Crippen LogP contribution in [0.25, 0.3) is 0 Å². The summed E-state index contributed by atoms with van der Waals surface area (Å²) in [5.41, 5.74) is 1.41. The average Bonchev–Trinajstić information content (AvgIpc) is 2.81. The molecule has 3 heterocycles. The van der Waals surface area contributed by atoms with Gasteiger partial charge < -0.3 is 14.8 Å². The van der Waals surface area contributed by atoms with Gasteiger partial charge in [-0.2, -0.15) is 0 Å². The van der Waals surface area contributed by atoms with Gasteiger partial charge in [0.15, 0.2) is 5.82 Å². The molecule has 1 aromatic rings. The highest BCUT2D eigenvalue weighted by atomic mass is 16.2. The normalized spacial score (nSPS) is 17.7. The zero-order valence-electron chi connectivity index (χ0n) is 16.2. The third-order valence-corrected chi connectivity index (χ3v) is 5.42. The van der Waals surface area contributed by atoms with E-state index in [1.807, 2.05) is 9.47 Å². The molecule has 1 aromatic heterocycles. The Labute approximate surface area is 156 Å². The van der Waals surface area contributed by atoms with Crippen molar-refractivity contribution >= 4 is 11.8 Å². The minimum atomic E-state index is -0.133. The van der Waals surface area contributed by atoms with Crippen molar-refractivity contribution in [1.29, 1.82) is 0 Å². The van der Waals surface area contributed by atoms with Crippen LogP contribution in [0.5, 0.6) is 0 Å². The molecule has 0 aromatic carbocycles. The molecule has 1 fully saturated rings. The Morgan fingerprint density at radius 1 is 1.04 bits per heavy atom. The number of carbonyl (C=O) groups is 2. The summed E-state index contributed by atoms with van der Waals surface area (Å²) < 4.78 is 2.01. The van der Waals surface area contributed by atoms with Gasteiger partial charge in [-0.1, -0.05) is 26.7 Å². The molecule has 144 valence electrons. The molecular formula is C20H32N4O2. The van der Waals surface area contributed by atoms with Crippen LogP contribution in [0, 0.1) is 5.92 Å². The molecule has 1 N–H and O–H groups in total. The fourth-order valence-corrected chi connectivity index (χ4v) is 3.86. The van der Waals surface area contributed by atoms with E-state index in [9.17, 15) is 9.59 Å². The maximum atomic E-state index is 13.1. The van der Waals surface area contributed by atoms with Gasteiger partial charge in [-0.15, -0.1) is 0 Å². The van der Waals surface area contributed by atoms with Gasteiger partial charge in [0.25, 0.3) is 11.8 Å². The number of carbonyl (C=O) groups excluding carboxylic acids is 2. The standard InChI is InChI=1S/C20H32N4O2/c1-15(2)10-11-21-19(25)17-16-9-5-8-14-24(16)18(22-17)20(26)23-12-6-3-4-7-13-23/h15H,3-14H2,1-2H3,(H,21,25). The first-order chi connectivity index (χ1) is 12.6. The SMILES string of the molecule is CC(C)CCNC(=O)c1nc(C(=O)N2CCCCCC2)n2c1CCCC2. The van der Waals surface area contributed by atoms with Crippen LogP contribution in [0.1, 0.15) is 85.6 Å². The van der Waals surface area contributed by atoms with Crippen LogP contribution in [0.3, 0.4) is 0 Å². The average molecular weight is 361 g/mol. The third-order valence-electron chi connectivity index (χ3n) is 5.42. The van der Waals surface area contributed by atoms with Crippen molar-refractivity contribution in [2.45, 2.75) is 71.8 Å². The number of aromatic nitrogens is 2. The van der Waals surface area contributed by atoms with Crippen LogP contribution >= 0.6 is 0 Å². The summed E-state index contributed by atoms with van der Waals surface area (Å²) >= 11 is 0. The smallest absolute Gasteiger partial charge is 0.289 e. The molecule has 0 spiro atoms. The first-order valence-corrected chi connectivity index (χ1v) is 10.2. The second-order valence-electron chi connectivity index (χ2n) is 7.98. The molecular weight excluding hydrogens is 328 g/mol. The summed E-state index contributed by atoms with van der Waals surface area (Å²) in [6.07, 6.45) is 8.35. The van der Waals surface area contributed by atoms with E-state index >= 15 is 0 Å². The molecule has 2 aliphatic heterocycles. The Morgan fingerprint density at radius 3 is 2.42 bits per heavy atom. The van der Waals surface area contributed by atoms with Crippen molar-refractivity contribution in [2.24, 2.45) is 5.92 Å². The van der Waals surface area contributed by atoms with Crippen molar-refractivity contribution in [2.75, 3.05) is 19.6 Å². The number of nitrogens with zero attached hydrogens (tertiary/aromatic N) is 3. The lowest BCUT2D eigenvalue weighted by molar-refractivity contribution is 0.0743. The second kappa shape index (κ2) is 8.69. The number of fused-ring (bicyclic) bond motifs is 1. The molecule has 2 amide bonds. The molecule has 0 radical (unpaired) electrons. The maximum Gasteiger partial charge on any atom is 0.289 e. The van der Waals surface area contributed by atoms with Gasteiger partial charge in [-0.25, -0.2) is 4.98 Å². The van der Waals surface area contributed by atoms with Crippen LogP contribution in [0.15, 0.2) is 0 Å². The molecule has 26 heavy (non-hydrogen) atoms. The fourth-order valence-electron chi connectivity index (χ4n) is 3.86. The molecule has 0 unspecified atom stereocenters. The van der Waals surface area contributed by atoms with Crippen LogP contribution in [0.2, 0.25) is 0 Å². The topological polar surface area (TPSA) is 67.2 Å². The molecule has 6 nitrogen and oxygen atoms in total. The van der Waals surface area contributed by atoms with Crippen molar-refractivity contribution < 1.29 is 9.59 Å². The summed E-state index contributed by atoms with van der Waals surface area (Å²) in [5.74, 6) is 0.879. The molecule has 3 rings (SSSR count). The molecule has 1 saturated heterocycles. The molecule has 0 bridgehead atoms. The number of imidazole rings is 1. The Hall–Kier alpha value is -1.85. The van der Waals surface area contributed by atoms with E-state index in [1.165, 1.54) is 12.8 Å². The summed E-state index contributed by atoms with van der Waals surface area (Å²) in [7, 11) is 0. The molecule has 6 heteroatoms. The number of likely N-dealkylation sites (tertiary alicyclic amines) is 1. The zero-order valence-corrected chi connectivity index (χ0v) is 16.2. The maximum absolute atomic E-state index is 13.1. The van der Waals surface area contributed by atoms with Crippen molar-refractivity contribution in [3.8, 4) is 0 Å². The minimum absolute atomic E-state index is 0.00344. The Morgan fingerprint density at radius 2 is 1.73 bits per heavy atom. The Balaban J connectivity index is 1.81. The van der Waals surface area contributed by atoms with Gasteiger partial charge in [0, 0.05) is 26.2 Å². The Bertz CT molecular complexity index is 642. The van der Waals surface area contributed by atoms with E-state index in [2.05, 4.69) is 24.1 Å². The summed E-state index contributed by atoms with van der Waals surface area (Å²) in [4.78, 5) is 32.2.